The summed E-state index contributed by atoms with van der Waals surface area (Å²) in [4.78, 5) is 26.6. The van der Waals surface area contributed by atoms with Crippen LogP contribution in [0.2, 0.25) is 0 Å². The van der Waals surface area contributed by atoms with Crippen LogP contribution >= 0.6 is 0 Å². The summed E-state index contributed by atoms with van der Waals surface area (Å²) in [5.41, 5.74) is 4.52. The molecule has 0 aromatic heterocycles. The smallest absolute Gasteiger partial charge is 0.251 e. The second kappa shape index (κ2) is 9.54. The van der Waals surface area contributed by atoms with E-state index in [1.165, 1.54) is 16.7 Å². The largest absolute Gasteiger partial charge is 0.352 e. The van der Waals surface area contributed by atoms with Gasteiger partial charge in [0.25, 0.3) is 5.91 Å². The van der Waals surface area contributed by atoms with Gasteiger partial charge in [-0.2, -0.15) is 0 Å². The van der Waals surface area contributed by atoms with Gasteiger partial charge in [0, 0.05) is 31.6 Å². The molecule has 0 aliphatic carbocycles. The van der Waals surface area contributed by atoms with Gasteiger partial charge >= 0.3 is 0 Å². The Balaban J connectivity index is 1.39. The van der Waals surface area contributed by atoms with Gasteiger partial charge in [0.2, 0.25) is 5.91 Å². The van der Waals surface area contributed by atoms with Gasteiger partial charge < -0.3 is 10.2 Å². The number of amides is 2. The first-order valence-electron chi connectivity index (χ1n) is 10.2. The highest BCUT2D eigenvalue weighted by molar-refractivity contribution is 5.94. The van der Waals surface area contributed by atoms with Crippen LogP contribution in [-0.2, 0) is 24.2 Å². The topological polar surface area (TPSA) is 49.4 Å². The highest BCUT2D eigenvalue weighted by atomic mass is 16.2. The van der Waals surface area contributed by atoms with Gasteiger partial charge in [-0.05, 0) is 54.0 Å². The number of carbonyl (C=O) groups excluding carboxylic acids is 2. The highest BCUT2D eigenvalue weighted by Crippen LogP contribution is 2.19. The Kier molecular flexibility index (Phi) is 6.85. The summed E-state index contributed by atoms with van der Waals surface area (Å²) < 4.78 is 0. The van der Waals surface area contributed by atoms with Crippen LogP contribution in [0, 0.1) is 5.92 Å². The summed E-state index contributed by atoms with van der Waals surface area (Å²) >= 11 is 0. The maximum atomic E-state index is 12.5. The minimum absolute atomic E-state index is 0.0737. The average molecular weight is 379 g/mol. The quantitative estimate of drug-likeness (QED) is 0.741. The van der Waals surface area contributed by atoms with Crippen molar-refractivity contribution in [3.63, 3.8) is 0 Å². The fourth-order valence-electron chi connectivity index (χ4n) is 3.67. The summed E-state index contributed by atoms with van der Waals surface area (Å²) in [5, 5.41) is 2.92. The lowest BCUT2D eigenvalue weighted by Crippen LogP contribution is -2.36. The molecule has 0 saturated heterocycles. The molecule has 28 heavy (non-hydrogen) atoms. The van der Waals surface area contributed by atoms with E-state index in [1.807, 2.05) is 35.2 Å². The van der Waals surface area contributed by atoms with Crippen molar-refractivity contribution in [3.8, 4) is 0 Å². The Hall–Kier alpha value is -2.62. The predicted octanol–water partition coefficient (Wildman–Crippen LogP) is 3.98. The number of hydrogen-bond acceptors (Lipinski definition) is 2. The van der Waals surface area contributed by atoms with Gasteiger partial charge in [0.1, 0.15) is 0 Å². The summed E-state index contributed by atoms with van der Waals surface area (Å²) in [6.07, 6.45) is 3.07. The van der Waals surface area contributed by atoms with E-state index in [2.05, 4.69) is 37.4 Å². The Labute approximate surface area is 167 Å². The zero-order valence-electron chi connectivity index (χ0n) is 16.9. The van der Waals surface area contributed by atoms with E-state index in [-0.39, 0.29) is 11.8 Å². The van der Waals surface area contributed by atoms with Gasteiger partial charge in [0.15, 0.2) is 0 Å². The van der Waals surface area contributed by atoms with E-state index in [1.54, 1.807) is 0 Å². The molecule has 2 amide bonds. The Morgan fingerprint density at radius 3 is 2.46 bits per heavy atom. The molecular formula is C24H30N2O2. The molecule has 0 saturated carbocycles. The molecule has 2 aromatic rings. The first kappa shape index (κ1) is 20.1. The fourth-order valence-corrected chi connectivity index (χ4v) is 3.67. The minimum Gasteiger partial charge on any atom is -0.352 e. The van der Waals surface area contributed by atoms with Crippen LogP contribution < -0.4 is 5.32 Å². The lowest BCUT2D eigenvalue weighted by molar-refractivity contribution is -0.132. The number of carbonyl (C=O) groups is 2. The van der Waals surface area contributed by atoms with Crippen molar-refractivity contribution in [2.45, 2.75) is 46.1 Å². The summed E-state index contributed by atoms with van der Waals surface area (Å²) in [5.74, 6) is 0.697. The van der Waals surface area contributed by atoms with Crippen molar-refractivity contribution in [1.82, 2.24) is 10.2 Å². The third kappa shape index (κ3) is 5.44. The number of rotatable bonds is 7. The van der Waals surface area contributed by atoms with E-state index in [0.29, 0.717) is 37.4 Å². The highest BCUT2D eigenvalue weighted by Gasteiger charge is 2.19. The summed E-state index contributed by atoms with van der Waals surface area (Å²) in [6, 6.07) is 16.1. The second-order valence-electron chi connectivity index (χ2n) is 7.99. The fraction of sp³-hybridized carbons (Fsp3) is 0.417. The zero-order valence-corrected chi connectivity index (χ0v) is 16.9. The predicted molar refractivity (Wildman–Crippen MR) is 112 cm³/mol. The van der Waals surface area contributed by atoms with Crippen molar-refractivity contribution in [2.24, 2.45) is 5.92 Å². The van der Waals surface area contributed by atoms with Gasteiger partial charge in [-0.15, -0.1) is 0 Å². The van der Waals surface area contributed by atoms with Crippen molar-refractivity contribution in [1.29, 1.82) is 0 Å². The Morgan fingerprint density at radius 1 is 1.04 bits per heavy atom. The molecule has 1 aliphatic rings. The molecule has 0 fully saturated rings. The molecule has 1 aliphatic heterocycles. The van der Waals surface area contributed by atoms with E-state index < -0.39 is 0 Å². The van der Waals surface area contributed by atoms with Gasteiger partial charge in [-0.1, -0.05) is 50.2 Å². The molecule has 0 radical (unpaired) electrons. The van der Waals surface area contributed by atoms with Crippen LogP contribution in [0.4, 0.5) is 0 Å². The van der Waals surface area contributed by atoms with Crippen LogP contribution in [0.25, 0.3) is 0 Å². The van der Waals surface area contributed by atoms with E-state index in [4.69, 9.17) is 0 Å². The molecule has 0 unspecified atom stereocenters. The molecule has 1 N–H and O–H groups in total. The van der Waals surface area contributed by atoms with Crippen LogP contribution in [0.1, 0.15) is 53.7 Å². The average Bonchev–Trinajstić information content (AvgIpc) is 2.70. The number of benzene rings is 2. The third-order valence-corrected chi connectivity index (χ3v) is 5.20. The molecule has 0 spiro atoms. The Bertz CT molecular complexity index is 812. The number of hydrogen-bond donors (Lipinski definition) is 1. The lowest BCUT2D eigenvalue weighted by atomic mass is 9.99. The number of fused-ring (bicyclic) bond motifs is 1. The van der Waals surface area contributed by atoms with Crippen molar-refractivity contribution in [2.75, 3.05) is 13.1 Å². The van der Waals surface area contributed by atoms with Gasteiger partial charge in [-0.3, -0.25) is 9.59 Å². The van der Waals surface area contributed by atoms with Gasteiger partial charge in [0.05, 0.1) is 0 Å². The molecule has 4 heteroatoms. The molecule has 148 valence electrons. The summed E-state index contributed by atoms with van der Waals surface area (Å²) in [7, 11) is 0. The van der Waals surface area contributed by atoms with E-state index in [9.17, 15) is 9.59 Å². The molecule has 0 atom stereocenters. The van der Waals surface area contributed by atoms with Gasteiger partial charge in [-0.25, -0.2) is 0 Å². The minimum atomic E-state index is -0.0737. The SMILES string of the molecule is CC(C)Cc1ccc(C(=O)NCCCC(=O)N2CCc3ccccc3C2)cc1. The maximum absolute atomic E-state index is 12.5. The van der Waals surface area contributed by atoms with E-state index >= 15 is 0 Å². The van der Waals surface area contributed by atoms with Crippen molar-refractivity contribution >= 4 is 11.8 Å². The first-order chi connectivity index (χ1) is 13.5. The van der Waals surface area contributed by atoms with Crippen LogP contribution in [0.15, 0.2) is 48.5 Å². The zero-order chi connectivity index (χ0) is 19.9. The standard InChI is InChI=1S/C24H30N2O2/c1-18(2)16-19-9-11-21(12-10-19)24(28)25-14-5-8-23(27)26-15-13-20-6-3-4-7-22(20)17-26/h3-4,6-7,9-12,18H,5,8,13-17H2,1-2H3,(H,25,28). The maximum Gasteiger partial charge on any atom is 0.251 e. The Morgan fingerprint density at radius 2 is 1.75 bits per heavy atom. The van der Waals surface area contributed by atoms with Crippen molar-refractivity contribution in [3.05, 3.63) is 70.8 Å². The summed E-state index contributed by atoms with van der Waals surface area (Å²) in [6.45, 7) is 6.37. The first-order valence-corrected chi connectivity index (χ1v) is 10.2. The monoisotopic (exact) mass is 378 g/mol. The lowest BCUT2D eigenvalue weighted by Gasteiger charge is -2.29. The van der Waals surface area contributed by atoms with Crippen LogP contribution in [0.5, 0.6) is 0 Å². The molecule has 4 nitrogen and oxygen atoms in total. The molecule has 3 rings (SSSR count). The number of nitrogens with zero attached hydrogens (tertiary/aromatic N) is 1. The molecule has 0 bridgehead atoms. The number of nitrogens with one attached hydrogen (secondary N) is 1. The van der Waals surface area contributed by atoms with Crippen molar-refractivity contribution < 1.29 is 9.59 Å². The normalized spacial score (nSPS) is 13.3. The molecule has 1 heterocycles. The third-order valence-electron chi connectivity index (χ3n) is 5.20. The van der Waals surface area contributed by atoms with Crippen LogP contribution in [0.3, 0.4) is 0 Å². The van der Waals surface area contributed by atoms with E-state index in [0.717, 1.165) is 19.4 Å². The molecule has 2 aromatic carbocycles. The van der Waals surface area contributed by atoms with Crippen LogP contribution in [-0.4, -0.2) is 29.8 Å². The second-order valence-corrected chi connectivity index (χ2v) is 7.99. The molecular weight excluding hydrogens is 348 g/mol.